The highest BCUT2D eigenvalue weighted by Crippen LogP contribution is 2.31. The summed E-state index contributed by atoms with van der Waals surface area (Å²) in [7, 11) is 0. The molecule has 0 aromatic heterocycles. The van der Waals surface area contributed by atoms with Gasteiger partial charge in [-0.25, -0.2) is 0 Å². The maximum atomic E-state index is 10.7. The fraction of sp³-hybridized carbons (Fsp3) is 1.00. The molecule has 3 saturated heterocycles. The Labute approximate surface area is 187 Å². The lowest BCUT2D eigenvalue weighted by atomic mass is 9.96. The van der Waals surface area contributed by atoms with Crippen LogP contribution >= 0.6 is 0 Å². The van der Waals surface area contributed by atoms with Crippen LogP contribution in [0.4, 0.5) is 0 Å². The molecule has 15 nitrogen and oxygen atoms in total. The number of rotatable bonds is 7. The second-order valence-electron chi connectivity index (χ2n) is 8.22. The molecule has 33 heavy (non-hydrogen) atoms. The molecule has 0 saturated carbocycles. The van der Waals surface area contributed by atoms with Crippen LogP contribution in [0.25, 0.3) is 0 Å². The van der Waals surface area contributed by atoms with E-state index in [0.29, 0.717) is 0 Å². The first-order chi connectivity index (χ1) is 15.6. The molecular weight excluding hydrogens is 456 g/mol. The summed E-state index contributed by atoms with van der Waals surface area (Å²) >= 11 is 0. The zero-order valence-corrected chi connectivity index (χ0v) is 17.4. The monoisotopic (exact) mass is 488 g/mol. The number of aliphatic hydroxyl groups is 10. The fourth-order valence-corrected chi connectivity index (χ4v) is 4.00. The lowest BCUT2D eigenvalue weighted by molar-refractivity contribution is -0.372. The van der Waals surface area contributed by atoms with E-state index in [2.05, 4.69) is 0 Å². The minimum absolute atomic E-state index is 0.277. The van der Waals surface area contributed by atoms with Crippen LogP contribution < -0.4 is 0 Å². The Kier molecular flexibility index (Phi) is 9.35. The standard InChI is InChI=1S/C18H32O15/c19-1-6-10(24)12(26)13(27)17(30-6)33-16-11(25)7(2-20)31-18(14(16)28)32-15-8(3-21)29-4-5(22)9(15)23/h5-28H,1-4H2/t5-,6+,7+,8+,9+,10+,11+,12-,13+,14+,15+,16-,17-,18-/m0/s1. The average Bonchev–Trinajstić information content (AvgIpc) is 2.81. The summed E-state index contributed by atoms with van der Waals surface area (Å²) in [6, 6.07) is 0. The van der Waals surface area contributed by atoms with E-state index in [-0.39, 0.29) is 6.61 Å². The Hall–Kier alpha value is -0.600. The maximum absolute atomic E-state index is 10.7. The van der Waals surface area contributed by atoms with Crippen molar-refractivity contribution in [2.24, 2.45) is 0 Å². The van der Waals surface area contributed by atoms with Crippen LogP contribution in [-0.2, 0) is 23.7 Å². The van der Waals surface area contributed by atoms with Gasteiger partial charge in [0.1, 0.15) is 73.2 Å². The Morgan fingerprint density at radius 1 is 0.545 bits per heavy atom. The number of aliphatic hydroxyl groups excluding tert-OH is 10. The molecule has 15 heteroatoms. The largest absolute Gasteiger partial charge is 0.394 e. The first-order valence-electron chi connectivity index (χ1n) is 10.5. The summed E-state index contributed by atoms with van der Waals surface area (Å²) < 4.78 is 26.8. The highest BCUT2D eigenvalue weighted by Gasteiger charge is 2.52. The summed E-state index contributed by atoms with van der Waals surface area (Å²) in [5.41, 5.74) is 0. The topological polar surface area (TPSA) is 248 Å². The van der Waals surface area contributed by atoms with Crippen molar-refractivity contribution in [3.8, 4) is 0 Å². The van der Waals surface area contributed by atoms with Crippen molar-refractivity contribution in [3.05, 3.63) is 0 Å². The number of ether oxygens (including phenoxy) is 5. The molecule has 0 aromatic carbocycles. The van der Waals surface area contributed by atoms with Crippen LogP contribution in [0.15, 0.2) is 0 Å². The molecule has 0 amide bonds. The summed E-state index contributed by atoms with van der Waals surface area (Å²) in [6.45, 7) is -2.38. The molecule has 3 fully saturated rings. The molecule has 0 aliphatic carbocycles. The van der Waals surface area contributed by atoms with Crippen molar-refractivity contribution in [3.63, 3.8) is 0 Å². The number of hydrogen-bond donors (Lipinski definition) is 10. The van der Waals surface area contributed by atoms with Crippen molar-refractivity contribution in [2.45, 2.75) is 85.8 Å². The Bertz CT molecular complexity index is 607. The third-order valence-corrected chi connectivity index (χ3v) is 6.01. The van der Waals surface area contributed by atoms with E-state index in [9.17, 15) is 51.1 Å². The second kappa shape index (κ2) is 11.4. The van der Waals surface area contributed by atoms with Gasteiger partial charge in [-0.05, 0) is 0 Å². The van der Waals surface area contributed by atoms with Gasteiger partial charge in [0.05, 0.1) is 26.4 Å². The van der Waals surface area contributed by atoms with Gasteiger partial charge in [0.25, 0.3) is 0 Å². The van der Waals surface area contributed by atoms with Gasteiger partial charge in [-0.3, -0.25) is 0 Å². The predicted octanol–water partition coefficient (Wildman–Crippen LogP) is -6.89. The molecular formula is C18H32O15. The quantitative estimate of drug-likeness (QED) is 0.160. The lowest BCUT2D eigenvalue weighted by Crippen LogP contribution is -2.66. The first-order valence-corrected chi connectivity index (χ1v) is 10.5. The summed E-state index contributed by atoms with van der Waals surface area (Å²) in [5.74, 6) is 0. The van der Waals surface area contributed by atoms with Crippen LogP contribution in [0.3, 0.4) is 0 Å². The highest BCUT2D eigenvalue weighted by atomic mass is 16.7. The second-order valence-corrected chi connectivity index (χ2v) is 8.22. The van der Waals surface area contributed by atoms with Gasteiger partial charge in [-0.2, -0.15) is 0 Å². The van der Waals surface area contributed by atoms with Gasteiger partial charge in [0.2, 0.25) is 0 Å². The third-order valence-electron chi connectivity index (χ3n) is 6.01. The fourth-order valence-electron chi connectivity index (χ4n) is 4.00. The highest BCUT2D eigenvalue weighted by molar-refractivity contribution is 4.95. The summed E-state index contributed by atoms with van der Waals surface area (Å²) in [4.78, 5) is 0. The van der Waals surface area contributed by atoms with Crippen molar-refractivity contribution < 1.29 is 74.7 Å². The Morgan fingerprint density at radius 3 is 1.64 bits per heavy atom. The molecule has 0 spiro atoms. The van der Waals surface area contributed by atoms with Crippen LogP contribution in [0.1, 0.15) is 0 Å². The van der Waals surface area contributed by atoms with Crippen molar-refractivity contribution in [2.75, 3.05) is 26.4 Å². The van der Waals surface area contributed by atoms with Gasteiger partial charge in [0.15, 0.2) is 12.6 Å². The molecule has 10 N–H and O–H groups in total. The van der Waals surface area contributed by atoms with E-state index in [0.717, 1.165) is 0 Å². The molecule has 14 atom stereocenters. The minimum atomic E-state index is -1.83. The molecule has 3 heterocycles. The predicted molar refractivity (Wildman–Crippen MR) is 100 cm³/mol. The third kappa shape index (κ3) is 5.48. The van der Waals surface area contributed by atoms with E-state index in [1.54, 1.807) is 0 Å². The minimum Gasteiger partial charge on any atom is -0.394 e. The molecule has 0 unspecified atom stereocenters. The molecule has 0 aromatic rings. The van der Waals surface area contributed by atoms with Gasteiger partial charge in [0, 0.05) is 0 Å². The van der Waals surface area contributed by atoms with E-state index < -0.39 is 106 Å². The Balaban J connectivity index is 1.77. The van der Waals surface area contributed by atoms with Crippen LogP contribution in [-0.4, -0.2) is 163 Å². The molecule has 3 aliphatic rings. The maximum Gasteiger partial charge on any atom is 0.187 e. The zero-order valence-electron chi connectivity index (χ0n) is 17.4. The summed E-state index contributed by atoms with van der Waals surface area (Å²) in [6.07, 6.45) is -21.9. The average molecular weight is 488 g/mol. The van der Waals surface area contributed by atoms with Crippen LogP contribution in [0, 0.1) is 0 Å². The zero-order chi connectivity index (χ0) is 24.4. The van der Waals surface area contributed by atoms with Crippen molar-refractivity contribution in [1.29, 1.82) is 0 Å². The lowest BCUT2D eigenvalue weighted by Gasteiger charge is -2.47. The van der Waals surface area contributed by atoms with E-state index in [1.165, 1.54) is 0 Å². The first kappa shape index (κ1) is 27.0. The Morgan fingerprint density at radius 2 is 1.06 bits per heavy atom. The number of hydrogen-bond acceptors (Lipinski definition) is 15. The van der Waals surface area contributed by atoms with Gasteiger partial charge in [-0.1, -0.05) is 0 Å². The van der Waals surface area contributed by atoms with Crippen molar-refractivity contribution in [1.82, 2.24) is 0 Å². The van der Waals surface area contributed by atoms with E-state index in [1.807, 2.05) is 0 Å². The van der Waals surface area contributed by atoms with E-state index in [4.69, 9.17) is 23.7 Å². The molecule has 3 rings (SSSR count). The van der Waals surface area contributed by atoms with Crippen molar-refractivity contribution >= 4 is 0 Å². The normalized spacial score (nSPS) is 51.5. The molecule has 0 bridgehead atoms. The smallest absolute Gasteiger partial charge is 0.187 e. The van der Waals surface area contributed by atoms with E-state index >= 15 is 0 Å². The molecule has 194 valence electrons. The SMILES string of the molecule is OC[C@H]1O[C@@H](O[C@@H]2[C@@H](O)[C@H](O[C@H]3[C@H](O)[C@@H](O)CO[C@@H]3CO)O[C@H](CO)[C@H]2O)[C@H](O)[C@@H](O)[C@@H]1O. The van der Waals surface area contributed by atoms with Gasteiger partial charge >= 0.3 is 0 Å². The van der Waals surface area contributed by atoms with Crippen LogP contribution in [0.2, 0.25) is 0 Å². The molecule has 3 aliphatic heterocycles. The molecule has 0 radical (unpaired) electrons. The summed E-state index contributed by atoms with van der Waals surface area (Å²) in [5, 5.41) is 99.7. The van der Waals surface area contributed by atoms with Gasteiger partial charge in [-0.15, -0.1) is 0 Å². The van der Waals surface area contributed by atoms with Gasteiger partial charge < -0.3 is 74.7 Å². The van der Waals surface area contributed by atoms with Crippen LogP contribution in [0.5, 0.6) is 0 Å².